The zero-order chi connectivity index (χ0) is 16.9. The molecular weight excluding hydrogens is 286 g/mol. The summed E-state index contributed by atoms with van der Waals surface area (Å²) in [4.78, 5) is 38.2. The van der Waals surface area contributed by atoms with Crippen LogP contribution in [0.2, 0.25) is 0 Å². The summed E-state index contributed by atoms with van der Waals surface area (Å²) >= 11 is 0. The highest BCUT2D eigenvalue weighted by Gasteiger charge is 2.43. The molecule has 1 saturated heterocycles. The van der Waals surface area contributed by atoms with Crippen LogP contribution < -0.4 is 0 Å². The second-order valence-corrected chi connectivity index (χ2v) is 6.47. The van der Waals surface area contributed by atoms with E-state index in [-0.39, 0.29) is 18.8 Å². The molecule has 0 spiro atoms. The summed E-state index contributed by atoms with van der Waals surface area (Å²) in [5, 5.41) is 0. The normalized spacial score (nSPS) is 22.4. The molecule has 0 radical (unpaired) electrons. The molecule has 0 saturated carbocycles. The molecule has 6 heteroatoms. The molecule has 1 fully saturated rings. The smallest absolute Gasteiger partial charge is 0.410 e. The minimum Gasteiger partial charge on any atom is -0.465 e. The lowest BCUT2D eigenvalue weighted by Gasteiger charge is -2.38. The molecule has 6 nitrogen and oxygen atoms in total. The summed E-state index contributed by atoms with van der Waals surface area (Å²) in [5.41, 5.74) is -0.616. The molecule has 1 heterocycles. The summed E-state index contributed by atoms with van der Waals surface area (Å²) in [6.07, 6.45) is 1.05. The highest BCUT2D eigenvalue weighted by atomic mass is 16.6. The van der Waals surface area contributed by atoms with E-state index >= 15 is 0 Å². The summed E-state index contributed by atoms with van der Waals surface area (Å²) < 4.78 is 10.3. The molecular formula is C16H27NO5. The van der Waals surface area contributed by atoms with Crippen LogP contribution in [0.3, 0.4) is 0 Å². The first kappa shape index (κ1) is 18.5. The number of amides is 1. The molecule has 0 aromatic carbocycles. The van der Waals surface area contributed by atoms with E-state index in [1.165, 1.54) is 4.90 Å². The number of carbonyl (C=O) groups excluding carboxylic acids is 3. The first-order valence-electron chi connectivity index (χ1n) is 7.91. The molecule has 1 aliphatic rings. The SMILES string of the molecule is CCC[C@H]1C(=O)C(C(=O)OCC)CCN1C(=O)OC(C)(C)C. The fourth-order valence-corrected chi connectivity index (χ4v) is 2.54. The third-order valence-corrected chi connectivity index (χ3v) is 3.47. The van der Waals surface area contributed by atoms with Gasteiger partial charge < -0.3 is 9.47 Å². The average molecular weight is 313 g/mol. The van der Waals surface area contributed by atoms with Crippen LogP contribution in [-0.4, -0.2) is 47.5 Å². The maximum atomic E-state index is 12.6. The van der Waals surface area contributed by atoms with E-state index in [0.717, 1.165) is 6.42 Å². The second kappa shape index (κ2) is 7.61. The highest BCUT2D eigenvalue weighted by Crippen LogP contribution is 2.25. The second-order valence-electron chi connectivity index (χ2n) is 6.47. The molecule has 1 amide bonds. The van der Waals surface area contributed by atoms with Crippen molar-refractivity contribution in [2.24, 2.45) is 5.92 Å². The molecule has 0 bridgehead atoms. The Morgan fingerprint density at radius 1 is 1.27 bits per heavy atom. The Balaban J connectivity index is 2.87. The molecule has 2 atom stereocenters. The minimum atomic E-state index is -0.768. The van der Waals surface area contributed by atoms with E-state index in [1.54, 1.807) is 27.7 Å². The van der Waals surface area contributed by atoms with Gasteiger partial charge >= 0.3 is 12.1 Å². The van der Waals surface area contributed by atoms with Crippen molar-refractivity contribution in [2.45, 2.75) is 65.5 Å². The van der Waals surface area contributed by atoms with Crippen molar-refractivity contribution in [3.05, 3.63) is 0 Å². The molecule has 1 rings (SSSR count). The number of ether oxygens (including phenoxy) is 2. The first-order valence-corrected chi connectivity index (χ1v) is 7.91. The third-order valence-electron chi connectivity index (χ3n) is 3.47. The van der Waals surface area contributed by atoms with Gasteiger partial charge in [-0.1, -0.05) is 13.3 Å². The van der Waals surface area contributed by atoms with E-state index in [4.69, 9.17) is 9.47 Å². The van der Waals surface area contributed by atoms with Crippen molar-refractivity contribution < 1.29 is 23.9 Å². The van der Waals surface area contributed by atoms with E-state index in [1.807, 2.05) is 6.92 Å². The molecule has 1 unspecified atom stereocenters. The quantitative estimate of drug-likeness (QED) is 0.589. The lowest BCUT2D eigenvalue weighted by molar-refractivity contribution is -0.155. The molecule has 126 valence electrons. The maximum Gasteiger partial charge on any atom is 0.410 e. The first-order chi connectivity index (χ1) is 10.2. The maximum absolute atomic E-state index is 12.6. The molecule has 0 aromatic rings. The van der Waals surface area contributed by atoms with Gasteiger partial charge in [-0.15, -0.1) is 0 Å². The Morgan fingerprint density at radius 2 is 1.91 bits per heavy atom. The largest absolute Gasteiger partial charge is 0.465 e. The van der Waals surface area contributed by atoms with Gasteiger partial charge in [-0.3, -0.25) is 14.5 Å². The monoisotopic (exact) mass is 313 g/mol. The van der Waals surface area contributed by atoms with Crippen LogP contribution in [0.25, 0.3) is 0 Å². The van der Waals surface area contributed by atoms with Crippen LogP contribution >= 0.6 is 0 Å². The van der Waals surface area contributed by atoms with Gasteiger partial charge in [0, 0.05) is 6.54 Å². The fourth-order valence-electron chi connectivity index (χ4n) is 2.54. The van der Waals surface area contributed by atoms with Crippen LogP contribution in [0.1, 0.15) is 53.9 Å². The molecule has 0 N–H and O–H groups in total. The van der Waals surface area contributed by atoms with Crippen molar-refractivity contribution in [1.82, 2.24) is 4.90 Å². The summed E-state index contributed by atoms with van der Waals surface area (Å²) in [5.74, 6) is -1.50. The van der Waals surface area contributed by atoms with Crippen molar-refractivity contribution >= 4 is 17.8 Å². The lowest BCUT2D eigenvalue weighted by atomic mass is 9.87. The number of piperidine rings is 1. The van der Waals surface area contributed by atoms with E-state index in [0.29, 0.717) is 13.0 Å². The Labute approximate surface area is 132 Å². The number of hydrogen-bond acceptors (Lipinski definition) is 5. The minimum absolute atomic E-state index is 0.239. The molecule has 0 aromatic heterocycles. The highest BCUT2D eigenvalue weighted by molar-refractivity contribution is 6.03. The van der Waals surface area contributed by atoms with Crippen molar-refractivity contribution in [1.29, 1.82) is 0 Å². The lowest BCUT2D eigenvalue weighted by Crippen LogP contribution is -2.55. The van der Waals surface area contributed by atoms with Gasteiger partial charge in [0.15, 0.2) is 5.78 Å². The summed E-state index contributed by atoms with van der Waals surface area (Å²) in [6, 6.07) is -0.608. The Morgan fingerprint density at radius 3 is 2.41 bits per heavy atom. The third kappa shape index (κ3) is 4.71. The number of ketones is 1. The van der Waals surface area contributed by atoms with Crippen LogP contribution in [0.5, 0.6) is 0 Å². The van der Waals surface area contributed by atoms with Gasteiger partial charge in [0.05, 0.1) is 12.6 Å². The van der Waals surface area contributed by atoms with Crippen LogP contribution in [0.4, 0.5) is 4.79 Å². The fraction of sp³-hybridized carbons (Fsp3) is 0.812. The zero-order valence-corrected chi connectivity index (χ0v) is 14.2. The van der Waals surface area contributed by atoms with Gasteiger partial charge in [0.2, 0.25) is 0 Å². The van der Waals surface area contributed by atoms with Crippen LogP contribution in [0, 0.1) is 5.92 Å². The number of hydrogen-bond donors (Lipinski definition) is 0. The Kier molecular flexibility index (Phi) is 6.38. The topological polar surface area (TPSA) is 72.9 Å². The predicted molar refractivity (Wildman–Crippen MR) is 81.4 cm³/mol. The number of nitrogens with zero attached hydrogens (tertiary/aromatic N) is 1. The van der Waals surface area contributed by atoms with Crippen molar-refractivity contribution in [3.63, 3.8) is 0 Å². The van der Waals surface area contributed by atoms with Gasteiger partial charge in [-0.25, -0.2) is 4.79 Å². The van der Waals surface area contributed by atoms with E-state index < -0.39 is 29.6 Å². The number of Topliss-reactive ketones (excluding diaryl/α,β-unsaturated/α-hetero) is 1. The Hall–Kier alpha value is -1.59. The van der Waals surface area contributed by atoms with Crippen molar-refractivity contribution in [2.75, 3.05) is 13.2 Å². The standard InChI is InChI=1S/C16H27NO5/c1-6-8-12-13(18)11(14(19)21-7-2)9-10-17(12)15(20)22-16(3,4)5/h11-12H,6-10H2,1-5H3/t11?,12-/m0/s1. The molecule has 22 heavy (non-hydrogen) atoms. The van der Waals surface area contributed by atoms with Gasteiger partial charge in [-0.05, 0) is 40.5 Å². The number of rotatable bonds is 4. The van der Waals surface area contributed by atoms with Gasteiger partial charge in [0.1, 0.15) is 11.5 Å². The molecule has 1 aliphatic heterocycles. The van der Waals surface area contributed by atoms with Crippen LogP contribution in [-0.2, 0) is 19.1 Å². The number of esters is 1. The molecule has 0 aliphatic carbocycles. The predicted octanol–water partition coefficient (Wildman–Crippen LogP) is 2.54. The Bertz CT molecular complexity index is 427. The number of carbonyl (C=O) groups is 3. The number of likely N-dealkylation sites (tertiary alicyclic amines) is 1. The van der Waals surface area contributed by atoms with Crippen molar-refractivity contribution in [3.8, 4) is 0 Å². The summed E-state index contributed by atoms with van der Waals surface area (Å²) in [6.45, 7) is 9.58. The zero-order valence-electron chi connectivity index (χ0n) is 14.2. The van der Waals surface area contributed by atoms with Gasteiger partial charge in [0.25, 0.3) is 0 Å². The summed E-state index contributed by atoms with van der Waals surface area (Å²) in [7, 11) is 0. The average Bonchev–Trinajstić information content (AvgIpc) is 2.39. The van der Waals surface area contributed by atoms with Crippen LogP contribution in [0.15, 0.2) is 0 Å². The van der Waals surface area contributed by atoms with E-state index in [9.17, 15) is 14.4 Å². The van der Waals surface area contributed by atoms with E-state index in [2.05, 4.69) is 0 Å². The van der Waals surface area contributed by atoms with Gasteiger partial charge in [-0.2, -0.15) is 0 Å².